The van der Waals surface area contributed by atoms with E-state index in [0.29, 0.717) is 0 Å². The van der Waals surface area contributed by atoms with Crippen molar-refractivity contribution in [3.63, 3.8) is 0 Å². The molecular formula is C8H6OS. The van der Waals surface area contributed by atoms with Gasteiger partial charge >= 0.3 is 0 Å². The molecule has 0 aromatic heterocycles. The van der Waals surface area contributed by atoms with Crippen molar-refractivity contribution in [2.45, 2.75) is 0 Å². The van der Waals surface area contributed by atoms with E-state index in [1.807, 2.05) is 30.3 Å². The van der Waals surface area contributed by atoms with Gasteiger partial charge in [-0.25, -0.2) is 0 Å². The Hall–Kier alpha value is -0.890. The van der Waals surface area contributed by atoms with Crippen molar-refractivity contribution in [3.05, 3.63) is 42.3 Å². The highest BCUT2D eigenvalue weighted by Crippen LogP contribution is 2.01. The molecule has 0 fully saturated rings. The van der Waals surface area contributed by atoms with Crippen molar-refractivity contribution in [3.8, 4) is 0 Å². The minimum Gasteiger partial charge on any atom is -0.281 e. The summed E-state index contributed by atoms with van der Waals surface area (Å²) in [5.74, 6) is 0. The predicted molar refractivity (Wildman–Crippen MR) is 43.1 cm³/mol. The van der Waals surface area contributed by atoms with E-state index in [-0.39, 0.29) is 5.05 Å². The van der Waals surface area contributed by atoms with Crippen LogP contribution in [0.15, 0.2) is 30.3 Å². The highest BCUT2D eigenvalue weighted by molar-refractivity contribution is 7.80. The van der Waals surface area contributed by atoms with Crippen LogP contribution in [0.3, 0.4) is 0 Å². The van der Waals surface area contributed by atoms with Gasteiger partial charge in [0.1, 0.15) is 0 Å². The van der Waals surface area contributed by atoms with Gasteiger partial charge in [-0.1, -0.05) is 30.3 Å². The Labute approximate surface area is 65.3 Å². The van der Waals surface area contributed by atoms with E-state index in [0.717, 1.165) is 5.56 Å². The van der Waals surface area contributed by atoms with E-state index < -0.39 is 0 Å². The Morgan fingerprint density at radius 1 is 1.30 bits per heavy atom. The molecule has 0 aliphatic rings. The molecule has 0 heterocycles. The second-order valence-corrected chi connectivity index (χ2v) is 2.28. The van der Waals surface area contributed by atoms with Crippen LogP contribution in [0, 0.1) is 6.42 Å². The molecule has 0 saturated carbocycles. The molecule has 0 unspecified atom stereocenters. The standard InChI is InChI=1S/C8H6OS/c9-8(10)6-7-4-2-1-3-5-7/h1-6H. The molecule has 0 atom stereocenters. The van der Waals surface area contributed by atoms with E-state index in [9.17, 15) is 5.11 Å². The molecule has 0 amide bonds. The van der Waals surface area contributed by atoms with Gasteiger partial charge < -0.3 is 0 Å². The maximum Gasteiger partial charge on any atom is 0.227 e. The van der Waals surface area contributed by atoms with Gasteiger partial charge in [0.05, 0.1) is 6.42 Å². The topological polar surface area (TPSA) is 19.9 Å². The molecule has 0 aliphatic heterocycles. The first-order valence-electron chi connectivity index (χ1n) is 2.90. The number of hydrogen-bond donors (Lipinski definition) is 0. The Kier molecular flexibility index (Phi) is 2.40. The SMILES string of the molecule is [O]C(=S)[CH]c1ccccc1. The van der Waals surface area contributed by atoms with Crippen LogP contribution in [0.1, 0.15) is 5.56 Å². The molecule has 2 radical (unpaired) electrons. The monoisotopic (exact) mass is 150 g/mol. The summed E-state index contributed by atoms with van der Waals surface area (Å²) in [5, 5.41) is 10.0. The van der Waals surface area contributed by atoms with Crippen molar-refractivity contribution in [2.24, 2.45) is 0 Å². The van der Waals surface area contributed by atoms with E-state index in [4.69, 9.17) is 0 Å². The minimum absolute atomic E-state index is 0.328. The van der Waals surface area contributed by atoms with Gasteiger partial charge in [0.25, 0.3) is 0 Å². The molecule has 0 N–H and O–H groups in total. The lowest BCUT2D eigenvalue weighted by Gasteiger charge is -1.92. The van der Waals surface area contributed by atoms with Gasteiger partial charge in [-0.3, -0.25) is 5.11 Å². The molecule has 10 heavy (non-hydrogen) atoms. The normalized spacial score (nSPS) is 9.20. The van der Waals surface area contributed by atoms with Gasteiger partial charge in [0, 0.05) is 0 Å². The number of rotatable bonds is 2. The zero-order chi connectivity index (χ0) is 7.40. The van der Waals surface area contributed by atoms with Crippen LogP contribution in [0.25, 0.3) is 0 Å². The lowest BCUT2D eigenvalue weighted by Crippen LogP contribution is -1.90. The molecule has 0 saturated heterocycles. The molecule has 0 spiro atoms. The van der Waals surface area contributed by atoms with E-state index >= 15 is 0 Å². The second-order valence-electron chi connectivity index (χ2n) is 1.87. The number of hydrogen-bond acceptors (Lipinski definition) is 1. The molecule has 1 aromatic rings. The van der Waals surface area contributed by atoms with Crippen molar-refractivity contribution >= 4 is 17.3 Å². The van der Waals surface area contributed by atoms with Crippen LogP contribution in [0.2, 0.25) is 0 Å². The van der Waals surface area contributed by atoms with Crippen LogP contribution < -0.4 is 0 Å². The fraction of sp³-hybridized carbons (Fsp3) is 0. The average Bonchev–Trinajstić information content (AvgIpc) is 1.88. The second kappa shape index (κ2) is 3.32. The van der Waals surface area contributed by atoms with Crippen LogP contribution in [-0.4, -0.2) is 5.05 Å². The van der Waals surface area contributed by atoms with Gasteiger partial charge in [-0.15, -0.1) is 0 Å². The quantitative estimate of drug-likeness (QED) is 0.590. The average molecular weight is 150 g/mol. The third-order valence-electron chi connectivity index (χ3n) is 1.08. The Bertz CT molecular complexity index is 218. The summed E-state index contributed by atoms with van der Waals surface area (Å²) in [7, 11) is 0. The molecule has 1 rings (SSSR count). The molecular weight excluding hydrogens is 144 g/mol. The highest BCUT2D eigenvalue weighted by Gasteiger charge is 1.96. The fourth-order valence-electron chi connectivity index (χ4n) is 0.685. The summed E-state index contributed by atoms with van der Waals surface area (Å²) in [4.78, 5) is 0. The smallest absolute Gasteiger partial charge is 0.227 e. The molecule has 2 heteroatoms. The maximum atomic E-state index is 10.4. The van der Waals surface area contributed by atoms with E-state index in [2.05, 4.69) is 12.2 Å². The van der Waals surface area contributed by atoms with Crippen LogP contribution in [-0.2, 0) is 5.11 Å². The number of thiocarbonyl (C=S) groups is 1. The molecule has 0 bridgehead atoms. The van der Waals surface area contributed by atoms with Crippen molar-refractivity contribution in [1.82, 2.24) is 0 Å². The minimum atomic E-state index is -0.328. The maximum absolute atomic E-state index is 10.4. The first-order chi connectivity index (χ1) is 4.79. The molecule has 1 aromatic carbocycles. The van der Waals surface area contributed by atoms with Crippen molar-refractivity contribution in [2.75, 3.05) is 0 Å². The molecule has 50 valence electrons. The van der Waals surface area contributed by atoms with E-state index in [1.54, 1.807) is 0 Å². The fourth-order valence-corrected chi connectivity index (χ4v) is 0.821. The van der Waals surface area contributed by atoms with Gasteiger partial charge in [-0.05, 0) is 17.8 Å². The van der Waals surface area contributed by atoms with Gasteiger partial charge in [0.15, 0.2) is 0 Å². The largest absolute Gasteiger partial charge is 0.281 e. The predicted octanol–water partition coefficient (Wildman–Crippen LogP) is 2.00. The van der Waals surface area contributed by atoms with Gasteiger partial charge in [-0.2, -0.15) is 0 Å². The third kappa shape index (κ3) is 2.15. The van der Waals surface area contributed by atoms with Crippen LogP contribution in [0.4, 0.5) is 0 Å². The van der Waals surface area contributed by atoms with E-state index in [1.165, 1.54) is 6.42 Å². The van der Waals surface area contributed by atoms with Crippen molar-refractivity contribution in [1.29, 1.82) is 0 Å². The lowest BCUT2D eigenvalue weighted by molar-refractivity contribution is 0.442. The molecule has 1 nitrogen and oxygen atoms in total. The molecule has 0 aliphatic carbocycles. The zero-order valence-corrected chi connectivity index (χ0v) is 6.10. The summed E-state index contributed by atoms with van der Waals surface area (Å²) < 4.78 is 0. The summed E-state index contributed by atoms with van der Waals surface area (Å²) in [6.45, 7) is 0. The Morgan fingerprint density at radius 2 is 1.90 bits per heavy atom. The first kappa shape index (κ1) is 7.22. The summed E-state index contributed by atoms with van der Waals surface area (Å²) >= 11 is 4.37. The van der Waals surface area contributed by atoms with Crippen LogP contribution in [0.5, 0.6) is 0 Å². The summed E-state index contributed by atoms with van der Waals surface area (Å²) in [6.07, 6.45) is 1.43. The summed E-state index contributed by atoms with van der Waals surface area (Å²) in [6, 6.07) is 9.30. The highest BCUT2D eigenvalue weighted by atomic mass is 32.1. The third-order valence-corrected chi connectivity index (χ3v) is 1.20. The lowest BCUT2D eigenvalue weighted by atomic mass is 10.2. The Morgan fingerprint density at radius 3 is 2.40 bits per heavy atom. The van der Waals surface area contributed by atoms with Crippen molar-refractivity contribution < 1.29 is 5.11 Å². The first-order valence-corrected chi connectivity index (χ1v) is 3.30. The van der Waals surface area contributed by atoms with Gasteiger partial charge in [0.2, 0.25) is 5.05 Å². The summed E-state index contributed by atoms with van der Waals surface area (Å²) in [5.41, 5.74) is 0.863. The number of benzene rings is 1. The van der Waals surface area contributed by atoms with Crippen LogP contribution >= 0.6 is 12.2 Å². The zero-order valence-electron chi connectivity index (χ0n) is 5.28. The Balaban J connectivity index is 2.67.